The Morgan fingerprint density at radius 1 is 1.42 bits per heavy atom. The highest BCUT2D eigenvalue weighted by Crippen LogP contribution is 2.30. The summed E-state index contributed by atoms with van der Waals surface area (Å²) in [7, 11) is 0. The smallest absolute Gasteiger partial charge is 0.0948 e. The number of aryl methyl sites for hydroxylation is 1. The molecule has 98 valence electrons. The van der Waals surface area contributed by atoms with Crippen molar-refractivity contribution < 1.29 is 0 Å². The van der Waals surface area contributed by atoms with Crippen LogP contribution in [-0.2, 0) is 6.42 Å². The molecule has 0 fully saturated rings. The largest absolute Gasteiger partial charge is 0.241 e. The van der Waals surface area contributed by atoms with Gasteiger partial charge in [-0.2, -0.15) is 5.26 Å². The Kier molecular flexibility index (Phi) is 4.07. The van der Waals surface area contributed by atoms with Crippen LogP contribution in [0, 0.1) is 23.7 Å². The second-order valence-electron chi connectivity index (χ2n) is 5.26. The Hall–Kier alpha value is -1.18. The minimum atomic E-state index is -0.360. The van der Waals surface area contributed by atoms with Crippen LogP contribution in [-0.4, -0.2) is 4.98 Å². The topological polar surface area (TPSA) is 36.7 Å². The SMILES string of the molecule is Cc1ccc(Br)cc1-c1csc(CC(C)(C)C#N)n1. The Bertz CT molecular complexity index is 638. The summed E-state index contributed by atoms with van der Waals surface area (Å²) in [4.78, 5) is 4.66. The zero-order valence-corrected chi connectivity index (χ0v) is 13.6. The Labute approximate surface area is 126 Å². The Balaban J connectivity index is 2.31. The molecule has 2 aromatic rings. The quantitative estimate of drug-likeness (QED) is 0.794. The molecule has 0 saturated heterocycles. The van der Waals surface area contributed by atoms with Crippen molar-refractivity contribution in [1.82, 2.24) is 4.98 Å². The molecule has 1 aromatic carbocycles. The van der Waals surface area contributed by atoms with Gasteiger partial charge in [0.15, 0.2) is 0 Å². The van der Waals surface area contributed by atoms with Crippen molar-refractivity contribution in [3.05, 3.63) is 38.6 Å². The maximum atomic E-state index is 9.08. The summed E-state index contributed by atoms with van der Waals surface area (Å²) in [5.41, 5.74) is 2.99. The molecule has 0 saturated carbocycles. The first-order valence-corrected chi connectivity index (χ1v) is 7.71. The molecular weight excluding hydrogens is 320 g/mol. The fourth-order valence-electron chi connectivity index (χ4n) is 1.80. The van der Waals surface area contributed by atoms with Gasteiger partial charge < -0.3 is 0 Å². The van der Waals surface area contributed by atoms with E-state index in [2.05, 4.69) is 51.4 Å². The molecular formula is C15H15BrN2S. The normalized spacial score (nSPS) is 11.3. The lowest BCUT2D eigenvalue weighted by Gasteiger charge is -2.11. The molecule has 2 rings (SSSR count). The van der Waals surface area contributed by atoms with Gasteiger partial charge >= 0.3 is 0 Å². The third-order valence-electron chi connectivity index (χ3n) is 2.92. The first-order chi connectivity index (χ1) is 8.91. The van der Waals surface area contributed by atoms with Crippen LogP contribution in [0.15, 0.2) is 28.1 Å². The monoisotopic (exact) mass is 334 g/mol. The van der Waals surface area contributed by atoms with Gasteiger partial charge in [-0.15, -0.1) is 11.3 Å². The lowest BCUT2D eigenvalue weighted by molar-refractivity contribution is 0.492. The van der Waals surface area contributed by atoms with Crippen LogP contribution < -0.4 is 0 Å². The van der Waals surface area contributed by atoms with Crippen LogP contribution in [0.2, 0.25) is 0 Å². The van der Waals surface area contributed by atoms with E-state index < -0.39 is 0 Å². The van der Waals surface area contributed by atoms with Gasteiger partial charge in [-0.25, -0.2) is 4.98 Å². The molecule has 0 amide bonds. The van der Waals surface area contributed by atoms with Crippen LogP contribution in [0.5, 0.6) is 0 Å². The molecule has 0 aliphatic heterocycles. The number of thiazole rings is 1. The van der Waals surface area contributed by atoms with Gasteiger partial charge in [0.05, 0.1) is 22.2 Å². The average Bonchev–Trinajstić information content (AvgIpc) is 2.80. The fraction of sp³-hybridized carbons (Fsp3) is 0.333. The van der Waals surface area contributed by atoms with Crippen molar-refractivity contribution in [2.75, 3.05) is 0 Å². The summed E-state index contributed by atoms with van der Waals surface area (Å²) >= 11 is 5.12. The van der Waals surface area contributed by atoms with Gasteiger partial charge in [-0.1, -0.05) is 22.0 Å². The molecule has 0 aliphatic rings. The molecule has 0 atom stereocenters. The molecule has 19 heavy (non-hydrogen) atoms. The van der Waals surface area contributed by atoms with E-state index in [4.69, 9.17) is 5.26 Å². The van der Waals surface area contributed by atoms with Gasteiger partial charge in [0.2, 0.25) is 0 Å². The lowest BCUT2D eigenvalue weighted by Crippen LogP contribution is -2.11. The van der Waals surface area contributed by atoms with E-state index in [0.717, 1.165) is 20.7 Å². The number of aromatic nitrogens is 1. The number of nitrogens with zero attached hydrogens (tertiary/aromatic N) is 2. The molecule has 4 heteroatoms. The maximum Gasteiger partial charge on any atom is 0.0948 e. The van der Waals surface area contributed by atoms with Crippen molar-refractivity contribution in [1.29, 1.82) is 5.26 Å². The highest BCUT2D eigenvalue weighted by Gasteiger charge is 2.20. The van der Waals surface area contributed by atoms with E-state index in [0.29, 0.717) is 6.42 Å². The summed E-state index contributed by atoms with van der Waals surface area (Å²) in [6.07, 6.45) is 0.696. The summed E-state index contributed by atoms with van der Waals surface area (Å²) in [5.74, 6) is 0. The van der Waals surface area contributed by atoms with Crippen molar-refractivity contribution in [2.24, 2.45) is 5.41 Å². The molecule has 1 aromatic heterocycles. The Morgan fingerprint density at radius 2 is 2.16 bits per heavy atom. The lowest BCUT2D eigenvalue weighted by atomic mass is 9.92. The number of benzene rings is 1. The van der Waals surface area contributed by atoms with E-state index in [-0.39, 0.29) is 5.41 Å². The van der Waals surface area contributed by atoms with Crippen molar-refractivity contribution in [3.63, 3.8) is 0 Å². The summed E-state index contributed by atoms with van der Waals surface area (Å²) in [6.45, 7) is 5.97. The summed E-state index contributed by atoms with van der Waals surface area (Å²) in [5, 5.41) is 12.2. The van der Waals surface area contributed by atoms with Crippen LogP contribution in [0.1, 0.15) is 24.4 Å². The minimum Gasteiger partial charge on any atom is -0.241 e. The predicted octanol–water partition coefficient (Wildman–Crippen LogP) is 4.97. The molecule has 0 radical (unpaired) electrons. The zero-order chi connectivity index (χ0) is 14.0. The maximum absolute atomic E-state index is 9.08. The number of hydrogen-bond acceptors (Lipinski definition) is 3. The van der Waals surface area contributed by atoms with E-state index >= 15 is 0 Å². The van der Waals surface area contributed by atoms with Crippen molar-refractivity contribution in [3.8, 4) is 17.3 Å². The summed E-state index contributed by atoms with van der Waals surface area (Å²) in [6, 6.07) is 8.52. The van der Waals surface area contributed by atoms with Crippen LogP contribution in [0.4, 0.5) is 0 Å². The molecule has 0 aliphatic carbocycles. The highest BCUT2D eigenvalue weighted by molar-refractivity contribution is 9.10. The molecule has 0 spiro atoms. The van der Waals surface area contributed by atoms with E-state index in [1.807, 2.05) is 19.9 Å². The van der Waals surface area contributed by atoms with Crippen LogP contribution in [0.3, 0.4) is 0 Å². The highest BCUT2D eigenvalue weighted by atomic mass is 79.9. The summed E-state index contributed by atoms with van der Waals surface area (Å²) < 4.78 is 1.06. The molecule has 1 heterocycles. The molecule has 2 nitrogen and oxygen atoms in total. The van der Waals surface area contributed by atoms with Gasteiger partial charge in [0.25, 0.3) is 0 Å². The first kappa shape index (κ1) is 14.2. The van der Waals surface area contributed by atoms with Crippen LogP contribution >= 0.6 is 27.3 Å². The van der Waals surface area contributed by atoms with E-state index in [1.54, 1.807) is 11.3 Å². The van der Waals surface area contributed by atoms with Crippen molar-refractivity contribution >= 4 is 27.3 Å². The number of halogens is 1. The molecule has 0 unspecified atom stereocenters. The standard InChI is InChI=1S/C15H15BrN2S/c1-10-4-5-11(16)6-12(10)13-8-19-14(18-13)7-15(2,3)9-17/h4-6,8H,7H2,1-3H3. The van der Waals surface area contributed by atoms with E-state index in [9.17, 15) is 0 Å². The van der Waals surface area contributed by atoms with Crippen LogP contribution in [0.25, 0.3) is 11.3 Å². The number of rotatable bonds is 3. The van der Waals surface area contributed by atoms with Gasteiger partial charge in [0.1, 0.15) is 0 Å². The van der Waals surface area contributed by atoms with Gasteiger partial charge in [-0.05, 0) is 38.5 Å². The predicted molar refractivity (Wildman–Crippen MR) is 83.1 cm³/mol. The number of hydrogen-bond donors (Lipinski definition) is 0. The zero-order valence-electron chi connectivity index (χ0n) is 11.2. The van der Waals surface area contributed by atoms with Gasteiger partial charge in [-0.3, -0.25) is 0 Å². The third kappa shape index (κ3) is 3.43. The average molecular weight is 335 g/mol. The van der Waals surface area contributed by atoms with E-state index in [1.165, 1.54) is 5.56 Å². The first-order valence-electron chi connectivity index (χ1n) is 6.03. The third-order valence-corrected chi connectivity index (χ3v) is 4.27. The second kappa shape index (κ2) is 5.44. The Morgan fingerprint density at radius 3 is 2.84 bits per heavy atom. The fourth-order valence-corrected chi connectivity index (χ4v) is 3.19. The molecule has 0 N–H and O–H groups in total. The number of nitriles is 1. The molecule has 0 bridgehead atoms. The van der Waals surface area contributed by atoms with Gasteiger partial charge in [0, 0.05) is 21.8 Å². The minimum absolute atomic E-state index is 0.360. The second-order valence-corrected chi connectivity index (χ2v) is 7.12. The van der Waals surface area contributed by atoms with Crippen molar-refractivity contribution in [2.45, 2.75) is 27.2 Å².